The molecule has 184 valence electrons. The number of carbonyl (C=O) groups excluding carboxylic acids is 1. The van der Waals surface area contributed by atoms with E-state index in [1.807, 2.05) is 0 Å². The van der Waals surface area contributed by atoms with E-state index in [1.54, 1.807) is 23.2 Å². The second kappa shape index (κ2) is 10.1. The zero-order chi connectivity index (χ0) is 24.3. The van der Waals surface area contributed by atoms with Crippen molar-refractivity contribution in [2.24, 2.45) is 5.92 Å². The fraction of sp³-hybridized carbons (Fsp3) is 0.500. The molecule has 2 heterocycles. The minimum absolute atomic E-state index is 0.0216. The van der Waals surface area contributed by atoms with Gasteiger partial charge in [0.1, 0.15) is 5.82 Å². The van der Waals surface area contributed by atoms with Crippen LogP contribution in [0.3, 0.4) is 0 Å². The third-order valence-corrected chi connectivity index (χ3v) is 8.39. The number of anilines is 3. The Balaban J connectivity index is 1.33. The number of benzene rings is 1. The standard InChI is InChI=1S/C22H29BrN6O4S/c1-15-12-22(15,14-30)28-20-18(23)13-24-21(27-20)26-16-5-7-17(8-6-16)34(32,33)25-9-3-11-29-10-2-4-19(29)31/h5-8,13,15,25,30H,2-4,9-12,14H2,1H3,(H2,24,26,27,28)/t15-,22?/m1/s1. The van der Waals surface area contributed by atoms with E-state index in [9.17, 15) is 18.3 Å². The minimum Gasteiger partial charge on any atom is -0.394 e. The highest BCUT2D eigenvalue weighted by Crippen LogP contribution is 2.45. The summed E-state index contributed by atoms with van der Waals surface area (Å²) in [6.07, 6.45) is 4.50. The van der Waals surface area contributed by atoms with Crippen LogP contribution in [0, 0.1) is 5.92 Å². The highest BCUT2D eigenvalue weighted by atomic mass is 79.9. The quantitative estimate of drug-likeness (QED) is 0.312. The zero-order valence-electron chi connectivity index (χ0n) is 18.9. The van der Waals surface area contributed by atoms with E-state index in [2.05, 4.69) is 48.2 Å². The molecule has 1 amide bonds. The molecule has 10 nitrogen and oxygen atoms in total. The zero-order valence-corrected chi connectivity index (χ0v) is 21.3. The number of rotatable bonds is 11. The molecule has 4 rings (SSSR count). The van der Waals surface area contributed by atoms with Crippen molar-refractivity contribution in [1.82, 2.24) is 19.6 Å². The first-order chi connectivity index (χ1) is 16.2. The molecule has 12 heteroatoms. The summed E-state index contributed by atoms with van der Waals surface area (Å²) in [4.78, 5) is 22.3. The normalized spacial score (nSPS) is 22.1. The summed E-state index contributed by atoms with van der Waals surface area (Å²) < 4.78 is 28.4. The van der Waals surface area contributed by atoms with Crippen molar-refractivity contribution in [3.05, 3.63) is 34.9 Å². The van der Waals surface area contributed by atoms with Crippen LogP contribution >= 0.6 is 15.9 Å². The molecule has 1 unspecified atom stereocenters. The lowest BCUT2D eigenvalue weighted by atomic mass is 10.2. The van der Waals surface area contributed by atoms with Crippen LogP contribution in [0.1, 0.15) is 32.6 Å². The Morgan fingerprint density at radius 3 is 2.65 bits per heavy atom. The Hall–Kier alpha value is -2.28. The number of nitrogens with zero attached hydrogens (tertiary/aromatic N) is 3. The first kappa shape index (κ1) is 24.8. The monoisotopic (exact) mass is 552 g/mol. The number of aromatic nitrogens is 2. The molecular weight excluding hydrogens is 524 g/mol. The minimum atomic E-state index is -3.65. The Morgan fingerprint density at radius 2 is 2.03 bits per heavy atom. The molecule has 1 aliphatic heterocycles. The van der Waals surface area contributed by atoms with E-state index in [0.717, 1.165) is 19.4 Å². The molecule has 34 heavy (non-hydrogen) atoms. The first-order valence-electron chi connectivity index (χ1n) is 11.3. The van der Waals surface area contributed by atoms with Crippen LogP contribution in [0.15, 0.2) is 39.8 Å². The maximum atomic E-state index is 12.6. The van der Waals surface area contributed by atoms with Gasteiger partial charge in [-0.1, -0.05) is 6.92 Å². The molecule has 1 saturated carbocycles. The van der Waals surface area contributed by atoms with Crippen molar-refractivity contribution in [2.75, 3.05) is 36.9 Å². The van der Waals surface area contributed by atoms with E-state index in [-0.39, 0.29) is 29.5 Å². The molecule has 0 radical (unpaired) electrons. The molecule has 2 aliphatic rings. The molecule has 1 aromatic carbocycles. The molecule has 1 aromatic heterocycles. The summed E-state index contributed by atoms with van der Waals surface area (Å²) >= 11 is 3.43. The molecule has 4 N–H and O–H groups in total. The van der Waals surface area contributed by atoms with Crippen LogP contribution in [-0.2, 0) is 14.8 Å². The largest absolute Gasteiger partial charge is 0.394 e. The van der Waals surface area contributed by atoms with Crippen LogP contribution in [0.25, 0.3) is 0 Å². The van der Waals surface area contributed by atoms with Crippen LogP contribution in [0.2, 0.25) is 0 Å². The molecule has 0 spiro atoms. The second-order valence-electron chi connectivity index (χ2n) is 8.82. The maximum Gasteiger partial charge on any atom is 0.240 e. The lowest BCUT2D eigenvalue weighted by molar-refractivity contribution is -0.127. The van der Waals surface area contributed by atoms with E-state index in [4.69, 9.17) is 0 Å². The fourth-order valence-corrected chi connectivity index (χ4v) is 5.38. The SMILES string of the molecule is C[C@@H]1CC1(CO)Nc1nc(Nc2ccc(S(=O)(=O)NCCCN3CCCC3=O)cc2)ncc1Br. The topological polar surface area (TPSA) is 137 Å². The molecule has 2 atom stereocenters. The van der Waals surface area contributed by atoms with Gasteiger partial charge in [-0.3, -0.25) is 4.79 Å². The molecule has 1 aliphatic carbocycles. The van der Waals surface area contributed by atoms with Crippen molar-refractivity contribution < 1.29 is 18.3 Å². The number of likely N-dealkylation sites (tertiary alicyclic amines) is 1. The predicted molar refractivity (Wildman–Crippen MR) is 132 cm³/mol. The third kappa shape index (κ3) is 5.68. The molecular formula is C22H29BrN6O4S. The second-order valence-corrected chi connectivity index (χ2v) is 11.4. The lowest BCUT2D eigenvalue weighted by Crippen LogP contribution is -2.30. The Bertz CT molecular complexity index is 1140. The lowest BCUT2D eigenvalue weighted by Gasteiger charge is -2.18. The molecule has 1 saturated heterocycles. The van der Waals surface area contributed by atoms with Gasteiger partial charge in [-0.05, 0) is 65.4 Å². The van der Waals surface area contributed by atoms with Crippen LogP contribution < -0.4 is 15.4 Å². The van der Waals surface area contributed by atoms with Crippen molar-refractivity contribution in [3.8, 4) is 0 Å². The van der Waals surface area contributed by atoms with Crippen molar-refractivity contribution in [3.63, 3.8) is 0 Å². The first-order valence-corrected chi connectivity index (χ1v) is 13.6. The van der Waals surface area contributed by atoms with Crippen LogP contribution in [0.5, 0.6) is 0 Å². The maximum absolute atomic E-state index is 12.6. The van der Waals surface area contributed by atoms with Crippen LogP contribution in [0.4, 0.5) is 17.5 Å². The van der Waals surface area contributed by atoms with Gasteiger partial charge in [0.05, 0.1) is 21.5 Å². The Labute approximate surface area is 207 Å². The smallest absolute Gasteiger partial charge is 0.240 e. The number of nitrogens with one attached hydrogen (secondary N) is 3. The summed E-state index contributed by atoms with van der Waals surface area (Å²) in [5.74, 6) is 1.41. The van der Waals surface area contributed by atoms with E-state index < -0.39 is 10.0 Å². The number of amides is 1. The molecule has 2 aromatic rings. The summed E-state index contributed by atoms with van der Waals surface area (Å²) in [6.45, 7) is 3.67. The van der Waals surface area contributed by atoms with E-state index in [0.29, 0.717) is 47.2 Å². The number of hydrogen-bond donors (Lipinski definition) is 4. The van der Waals surface area contributed by atoms with Gasteiger partial charge in [-0.25, -0.2) is 18.1 Å². The van der Waals surface area contributed by atoms with Gasteiger partial charge in [-0.15, -0.1) is 0 Å². The summed E-state index contributed by atoms with van der Waals surface area (Å²) in [5.41, 5.74) is 0.276. The Morgan fingerprint density at radius 1 is 1.29 bits per heavy atom. The summed E-state index contributed by atoms with van der Waals surface area (Å²) in [6, 6.07) is 6.32. The Kier molecular flexibility index (Phi) is 7.41. The van der Waals surface area contributed by atoms with Crippen molar-refractivity contribution >= 4 is 49.3 Å². The molecule has 2 fully saturated rings. The predicted octanol–water partition coefficient (Wildman–Crippen LogP) is 2.46. The van der Waals surface area contributed by atoms with Gasteiger partial charge < -0.3 is 20.6 Å². The van der Waals surface area contributed by atoms with Gasteiger partial charge in [0.2, 0.25) is 21.9 Å². The van der Waals surface area contributed by atoms with Gasteiger partial charge in [0.15, 0.2) is 0 Å². The highest BCUT2D eigenvalue weighted by Gasteiger charge is 2.51. The average molecular weight is 553 g/mol. The number of sulfonamides is 1. The summed E-state index contributed by atoms with van der Waals surface area (Å²) in [7, 11) is -3.65. The third-order valence-electron chi connectivity index (χ3n) is 6.34. The number of carbonyl (C=O) groups is 1. The number of halogens is 1. The average Bonchev–Trinajstić information content (AvgIpc) is 3.27. The van der Waals surface area contributed by atoms with Gasteiger partial charge in [-0.2, -0.15) is 4.98 Å². The van der Waals surface area contributed by atoms with Crippen molar-refractivity contribution in [1.29, 1.82) is 0 Å². The summed E-state index contributed by atoms with van der Waals surface area (Å²) in [5, 5.41) is 16.1. The van der Waals surface area contributed by atoms with Gasteiger partial charge >= 0.3 is 0 Å². The van der Waals surface area contributed by atoms with Gasteiger partial charge in [0, 0.05) is 37.9 Å². The number of hydrogen-bond acceptors (Lipinski definition) is 8. The number of aliphatic hydroxyl groups is 1. The van der Waals surface area contributed by atoms with E-state index >= 15 is 0 Å². The fourth-order valence-electron chi connectivity index (χ4n) is 4.02. The molecule has 0 bridgehead atoms. The highest BCUT2D eigenvalue weighted by molar-refractivity contribution is 9.10. The number of aliphatic hydroxyl groups excluding tert-OH is 1. The van der Waals surface area contributed by atoms with Gasteiger partial charge in [0.25, 0.3) is 0 Å². The van der Waals surface area contributed by atoms with E-state index in [1.165, 1.54) is 12.1 Å². The van der Waals surface area contributed by atoms with Crippen molar-refractivity contribution in [2.45, 2.75) is 43.0 Å². The van der Waals surface area contributed by atoms with Crippen LogP contribution in [-0.4, -0.2) is 66.1 Å².